The van der Waals surface area contributed by atoms with E-state index in [0.717, 1.165) is 6.07 Å². The van der Waals surface area contributed by atoms with Crippen molar-refractivity contribution >= 4 is 21.4 Å². The summed E-state index contributed by atoms with van der Waals surface area (Å²) in [5.41, 5.74) is 5.53. The van der Waals surface area contributed by atoms with E-state index in [4.69, 9.17) is 5.73 Å². The van der Waals surface area contributed by atoms with Crippen LogP contribution >= 0.6 is 0 Å². The van der Waals surface area contributed by atoms with E-state index in [-0.39, 0.29) is 27.6 Å². The minimum Gasteiger partial charge on any atom is -0.508 e. The highest BCUT2D eigenvalue weighted by molar-refractivity contribution is 7.92. The van der Waals surface area contributed by atoms with Gasteiger partial charge in [-0.2, -0.15) is 0 Å². The standard InChI is InChI=1S/C13H13FN2O3S/c1-8-5-11(7-12(15)13(8)14)20(18,19)16-9-3-2-4-10(17)6-9/h2-7,16-17H,15H2,1H3. The molecule has 0 atom stereocenters. The first kappa shape index (κ1) is 14.1. The number of hydrogen-bond donors (Lipinski definition) is 3. The minimum atomic E-state index is -3.90. The molecule has 106 valence electrons. The van der Waals surface area contributed by atoms with Crippen LogP contribution in [0.4, 0.5) is 15.8 Å². The van der Waals surface area contributed by atoms with Crippen molar-refractivity contribution in [2.75, 3.05) is 10.5 Å². The number of hydrogen-bond acceptors (Lipinski definition) is 4. The number of halogens is 1. The lowest BCUT2D eigenvalue weighted by atomic mass is 10.2. The molecule has 20 heavy (non-hydrogen) atoms. The number of aryl methyl sites for hydroxylation is 1. The predicted molar refractivity (Wildman–Crippen MR) is 74.5 cm³/mol. The molecule has 0 radical (unpaired) electrons. The van der Waals surface area contributed by atoms with E-state index in [1.807, 2.05) is 0 Å². The summed E-state index contributed by atoms with van der Waals surface area (Å²) in [6.45, 7) is 1.43. The fourth-order valence-electron chi connectivity index (χ4n) is 1.70. The molecule has 0 aliphatic heterocycles. The van der Waals surface area contributed by atoms with Crippen LogP contribution in [-0.2, 0) is 10.0 Å². The Morgan fingerprint density at radius 1 is 1.25 bits per heavy atom. The van der Waals surface area contributed by atoms with Crippen molar-refractivity contribution < 1.29 is 17.9 Å². The number of nitrogen functional groups attached to an aromatic ring is 1. The molecule has 2 aromatic rings. The number of anilines is 2. The third-order valence-corrected chi connectivity index (χ3v) is 4.03. The van der Waals surface area contributed by atoms with Crippen molar-refractivity contribution in [2.45, 2.75) is 11.8 Å². The molecule has 0 spiro atoms. The Hall–Kier alpha value is -2.28. The summed E-state index contributed by atoms with van der Waals surface area (Å²) in [6.07, 6.45) is 0. The molecule has 0 saturated carbocycles. The maximum absolute atomic E-state index is 13.4. The second kappa shape index (κ2) is 5.01. The van der Waals surface area contributed by atoms with Crippen LogP contribution in [0.5, 0.6) is 5.75 Å². The van der Waals surface area contributed by atoms with Gasteiger partial charge in [-0.15, -0.1) is 0 Å². The van der Waals surface area contributed by atoms with Crippen LogP contribution < -0.4 is 10.5 Å². The SMILES string of the molecule is Cc1cc(S(=O)(=O)Nc2cccc(O)c2)cc(N)c1F. The highest BCUT2D eigenvalue weighted by Gasteiger charge is 2.17. The number of nitrogens with one attached hydrogen (secondary N) is 1. The Balaban J connectivity index is 2.41. The molecular formula is C13H13FN2O3S. The van der Waals surface area contributed by atoms with Crippen molar-refractivity contribution in [1.82, 2.24) is 0 Å². The van der Waals surface area contributed by atoms with Gasteiger partial charge >= 0.3 is 0 Å². The first-order valence-corrected chi connectivity index (χ1v) is 7.15. The van der Waals surface area contributed by atoms with Gasteiger partial charge in [0.2, 0.25) is 0 Å². The van der Waals surface area contributed by atoms with Crippen LogP contribution in [0.3, 0.4) is 0 Å². The monoisotopic (exact) mass is 296 g/mol. The Kier molecular flexibility index (Phi) is 3.54. The number of benzene rings is 2. The number of rotatable bonds is 3. The van der Waals surface area contributed by atoms with Crippen molar-refractivity contribution in [3.05, 3.63) is 47.8 Å². The highest BCUT2D eigenvalue weighted by atomic mass is 32.2. The summed E-state index contributed by atoms with van der Waals surface area (Å²) in [5.74, 6) is -0.707. The van der Waals surface area contributed by atoms with Crippen LogP contribution in [0, 0.1) is 12.7 Å². The highest BCUT2D eigenvalue weighted by Crippen LogP contribution is 2.24. The Morgan fingerprint density at radius 2 is 1.95 bits per heavy atom. The predicted octanol–water partition coefficient (Wildman–Crippen LogP) is 2.22. The normalized spacial score (nSPS) is 11.3. The van der Waals surface area contributed by atoms with Gasteiger partial charge in [0.1, 0.15) is 11.6 Å². The lowest BCUT2D eigenvalue weighted by Gasteiger charge is -2.10. The van der Waals surface area contributed by atoms with Gasteiger partial charge in [0.15, 0.2) is 0 Å². The molecule has 0 fully saturated rings. The van der Waals surface area contributed by atoms with Crippen LogP contribution in [0.1, 0.15) is 5.56 Å². The Bertz CT molecular complexity index is 737. The van der Waals surface area contributed by atoms with E-state index in [1.165, 1.54) is 37.3 Å². The Labute approximate surface area is 115 Å². The average Bonchev–Trinajstić information content (AvgIpc) is 2.34. The zero-order valence-corrected chi connectivity index (χ0v) is 11.4. The molecule has 5 nitrogen and oxygen atoms in total. The smallest absolute Gasteiger partial charge is 0.261 e. The largest absolute Gasteiger partial charge is 0.508 e. The average molecular weight is 296 g/mol. The Morgan fingerprint density at radius 3 is 2.55 bits per heavy atom. The maximum atomic E-state index is 13.4. The van der Waals surface area contributed by atoms with Gasteiger partial charge in [-0.05, 0) is 36.8 Å². The summed E-state index contributed by atoms with van der Waals surface area (Å²) in [7, 11) is -3.90. The van der Waals surface area contributed by atoms with Crippen LogP contribution in [0.15, 0.2) is 41.3 Å². The summed E-state index contributed by atoms with van der Waals surface area (Å²) < 4.78 is 40.0. The van der Waals surface area contributed by atoms with Gasteiger partial charge in [-0.1, -0.05) is 6.07 Å². The molecule has 0 unspecified atom stereocenters. The molecule has 0 bridgehead atoms. The summed E-state index contributed by atoms with van der Waals surface area (Å²) in [5, 5.41) is 9.30. The van der Waals surface area contributed by atoms with E-state index in [9.17, 15) is 17.9 Å². The van der Waals surface area contributed by atoms with E-state index in [2.05, 4.69) is 4.72 Å². The molecule has 0 amide bonds. The molecular weight excluding hydrogens is 283 g/mol. The first-order valence-electron chi connectivity index (χ1n) is 5.67. The van der Waals surface area contributed by atoms with E-state index in [0.29, 0.717) is 0 Å². The van der Waals surface area contributed by atoms with Crippen molar-refractivity contribution in [1.29, 1.82) is 0 Å². The van der Waals surface area contributed by atoms with Gasteiger partial charge in [-0.25, -0.2) is 12.8 Å². The second-order valence-electron chi connectivity index (χ2n) is 4.30. The number of sulfonamides is 1. The summed E-state index contributed by atoms with van der Waals surface area (Å²) >= 11 is 0. The lowest BCUT2D eigenvalue weighted by Crippen LogP contribution is -2.14. The van der Waals surface area contributed by atoms with E-state index < -0.39 is 15.8 Å². The van der Waals surface area contributed by atoms with E-state index >= 15 is 0 Å². The number of phenolic OH excluding ortho intramolecular Hbond substituents is 1. The van der Waals surface area contributed by atoms with Crippen LogP contribution in [0.25, 0.3) is 0 Å². The molecule has 0 aromatic heterocycles. The molecule has 0 aliphatic rings. The van der Waals surface area contributed by atoms with Crippen LogP contribution in [-0.4, -0.2) is 13.5 Å². The third-order valence-electron chi connectivity index (χ3n) is 2.66. The summed E-state index contributed by atoms with van der Waals surface area (Å²) in [6, 6.07) is 7.90. The second-order valence-corrected chi connectivity index (χ2v) is 5.98. The van der Waals surface area contributed by atoms with Gasteiger partial charge < -0.3 is 10.8 Å². The van der Waals surface area contributed by atoms with Crippen molar-refractivity contribution in [3.8, 4) is 5.75 Å². The fourth-order valence-corrected chi connectivity index (χ4v) is 2.87. The van der Waals surface area contributed by atoms with E-state index in [1.54, 1.807) is 0 Å². The number of aromatic hydroxyl groups is 1. The van der Waals surface area contributed by atoms with Gasteiger partial charge in [0, 0.05) is 6.07 Å². The number of nitrogens with two attached hydrogens (primary N) is 1. The topological polar surface area (TPSA) is 92.4 Å². The quantitative estimate of drug-likeness (QED) is 0.757. The van der Waals surface area contributed by atoms with Gasteiger partial charge in [0.25, 0.3) is 10.0 Å². The molecule has 2 rings (SSSR count). The molecule has 7 heteroatoms. The first-order chi connectivity index (χ1) is 9.29. The zero-order valence-electron chi connectivity index (χ0n) is 10.6. The fraction of sp³-hybridized carbons (Fsp3) is 0.0769. The van der Waals surface area contributed by atoms with Crippen molar-refractivity contribution in [3.63, 3.8) is 0 Å². The molecule has 2 aromatic carbocycles. The van der Waals surface area contributed by atoms with Gasteiger partial charge in [0.05, 0.1) is 16.3 Å². The minimum absolute atomic E-state index is 0.0694. The zero-order chi connectivity index (χ0) is 14.9. The van der Waals surface area contributed by atoms with Crippen molar-refractivity contribution in [2.24, 2.45) is 0 Å². The summed E-state index contributed by atoms with van der Waals surface area (Å²) in [4.78, 5) is -0.141. The molecule has 4 N–H and O–H groups in total. The molecule has 0 aliphatic carbocycles. The maximum Gasteiger partial charge on any atom is 0.261 e. The van der Waals surface area contributed by atoms with Gasteiger partial charge in [-0.3, -0.25) is 4.72 Å². The number of phenols is 1. The lowest BCUT2D eigenvalue weighted by molar-refractivity contribution is 0.475. The third kappa shape index (κ3) is 2.83. The molecule has 0 heterocycles. The van der Waals surface area contributed by atoms with Crippen LogP contribution in [0.2, 0.25) is 0 Å². The molecule has 0 saturated heterocycles.